The van der Waals surface area contributed by atoms with Gasteiger partial charge < -0.3 is 9.47 Å². The molecule has 2 nitrogen and oxygen atoms in total. The van der Waals surface area contributed by atoms with Gasteiger partial charge in [0.1, 0.15) is 11.6 Å². The Morgan fingerprint density at radius 1 is 1.35 bits per heavy atom. The summed E-state index contributed by atoms with van der Waals surface area (Å²) in [6, 6.07) is 6.50. The van der Waals surface area contributed by atoms with Gasteiger partial charge >= 0.3 is 0 Å². The van der Waals surface area contributed by atoms with E-state index < -0.39 is 5.82 Å². The van der Waals surface area contributed by atoms with Crippen molar-refractivity contribution in [1.82, 2.24) is 0 Å². The lowest BCUT2D eigenvalue weighted by Crippen LogP contribution is -1.98. The predicted molar refractivity (Wildman–Crippen MR) is 69.1 cm³/mol. The molecule has 0 bridgehead atoms. The zero-order valence-electron chi connectivity index (χ0n) is 8.97. The Hall–Kier alpha value is -0.840. The first-order valence-electron chi connectivity index (χ1n) is 4.82. The standard InChI is InChI=1S/C12H9BrClFO2/c1-16-6-17-8-4-7-2-3-10(15)12(14)11(7)9(13)5-8/h2-5H,6H2,1H3. The third-order valence-electron chi connectivity index (χ3n) is 2.28. The fraction of sp³-hybridized carbons (Fsp3) is 0.167. The summed E-state index contributed by atoms with van der Waals surface area (Å²) in [4.78, 5) is 0. The Balaban J connectivity index is 2.56. The number of fused-ring (bicyclic) bond motifs is 1. The Labute approximate surface area is 111 Å². The fourth-order valence-corrected chi connectivity index (χ4v) is 2.57. The molecule has 17 heavy (non-hydrogen) atoms. The summed E-state index contributed by atoms with van der Waals surface area (Å²) in [6.45, 7) is 0.160. The summed E-state index contributed by atoms with van der Waals surface area (Å²) in [7, 11) is 1.54. The van der Waals surface area contributed by atoms with Gasteiger partial charge in [0.2, 0.25) is 0 Å². The van der Waals surface area contributed by atoms with Crippen LogP contribution >= 0.6 is 27.5 Å². The molecular formula is C12H9BrClFO2. The second-order valence-corrected chi connectivity index (χ2v) is 4.65. The van der Waals surface area contributed by atoms with Crippen molar-refractivity contribution in [3.8, 4) is 5.75 Å². The molecule has 90 valence electrons. The predicted octanol–water partition coefficient (Wildman–Crippen LogP) is 4.38. The van der Waals surface area contributed by atoms with E-state index in [4.69, 9.17) is 21.1 Å². The van der Waals surface area contributed by atoms with Crippen LogP contribution in [-0.2, 0) is 4.74 Å². The molecule has 0 aromatic heterocycles. The van der Waals surface area contributed by atoms with E-state index in [0.29, 0.717) is 15.6 Å². The summed E-state index contributed by atoms with van der Waals surface area (Å²) >= 11 is 9.27. The molecule has 0 amide bonds. The molecule has 0 saturated carbocycles. The van der Waals surface area contributed by atoms with Gasteiger partial charge in [-0.3, -0.25) is 0 Å². The molecule has 0 heterocycles. The first-order valence-corrected chi connectivity index (χ1v) is 5.99. The lowest BCUT2D eigenvalue weighted by molar-refractivity contribution is 0.0512. The summed E-state index contributed by atoms with van der Waals surface area (Å²) in [5.74, 6) is 0.194. The average Bonchev–Trinajstić information content (AvgIpc) is 2.31. The third kappa shape index (κ3) is 2.54. The van der Waals surface area contributed by atoms with Crippen LogP contribution in [0.4, 0.5) is 4.39 Å². The van der Waals surface area contributed by atoms with Crippen molar-refractivity contribution in [2.45, 2.75) is 0 Å². The molecular weight excluding hydrogens is 310 g/mol. The summed E-state index contributed by atoms with van der Waals surface area (Å²) < 4.78 is 24.2. The van der Waals surface area contributed by atoms with Crippen molar-refractivity contribution in [1.29, 1.82) is 0 Å². The van der Waals surface area contributed by atoms with Gasteiger partial charge in [0.05, 0.1) is 5.02 Å². The van der Waals surface area contributed by atoms with Crippen molar-refractivity contribution in [2.24, 2.45) is 0 Å². The molecule has 2 aromatic rings. The highest BCUT2D eigenvalue weighted by Gasteiger charge is 2.10. The minimum atomic E-state index is -0.439. The van der Waals surface area contributed by atoms with Crippen molar-refractivity contribution < 1.29 is 13.9 Å². The lowest BCUT2D eigenvalue weighted by atomic mass is 10.1. The van der Waals surface area contributed by atoms with Gasteiger partial charge in [-0.1, -0.05) is 17.7 Å². The minimum Gasteiger partial charge on any atom is -0.468 e. The van der Waals surface area contributed by atoms with Crippen LogP contribution < -0.4 is 4.74 Å². The number of hydrogen-bond acceptors (Lipinski definition) is 2. The molecule has 2 rings (SSSR count). The molecule has 0 aliphatic rings. The summed E-state index contributed by atoms with van der Waals surface area (Å²) in [6.07, 6.45) is 0. The number of benzene rings is 2. The first kappa shape index (κ1) is 12.6. The maximum atomic E-state index is 13.3. The van der Waals surface area contributed by atoms with Crippen LogP contribution in [0.3, 0.4) is 0 Å². The van der Waals surface area contributed by atoms with Crippen molar-refractivity contribution >= 4 is 38.3 Å². The summed E-state index contributed by atoms with van der Waals surface area (Å²) in [5.41, 5.74) is 0. The van der Waals surface area contributed by atoms with Gasteiger partial charge in [-0.2, -0.15) is 0 Å². The monoisotopic (exact) mass is 318 g/mol. The van der Waals surface area contributed by atoms with Crippen LogP contribution in [0.25, 0.3) is 10.8 Å². The second kappa shape index (κ2) is 5.21. The van der Waals surface area contributed by atoms with Crippen LogP contribution in [0.15, 0.2) is 28.7 Å². The van der Waals surface area contributed by atoms with Crippen LogP contribution in [0.2, 0.25) is 5.02 Å². The maximum Gasteiger partial charge on any atom is 0.188 e. The van der Waals surface area contributed by atoms with E-state index in [9.17, 15) is 4.39 Å². The maximum absolute atomic E-state index is 13.3. The smallest absolute Gasteiger partial charge is 0.188 e. The molecule has 0 radical (unpaired) electrons. The second-order valence-electron chi connectivity index (χ2n) is 3.42. The molecule has 0 aliphatic heterocycles. The SMILES string of the molecule is COCOc1cc(Br)c2c(Cl)c(F)ccc2c1. The molecule has 0 unspecified atom stereocenters. The average molecular weight is 320 g/mol. The highest BCUT2D eigenvalue weighted by molar-refractivity contribution is 9.10. The Bertz CT molecular complexity index is 560. The van der Waals surface area contributed by atoms with E-state index in [0.717, 1.165) is 5.39 Å². The highest BCUT2D eigenvalue weighted by Crippen LogP contribution is 2.35. The molecule has 0 saturated heterocycles. The Morgan fingerprint density at radius 2 is 2.12 bits per heavy atom. The third-order valence-corrected chi connectivity index (χ3v) is 3.27. The van der Waals surface area contributed by atoms with E-state index in [1.54, 1.807) is 25.3 Å². The van der Waals surface area contributed by atoms with Gasteiger partial charge in [0.25, 0.3) is 0 Å². The molecule has 0 spiro atoms. The van der Waals surface area contributed by atoms with E-state index in [1.165, 1.54) is 6.07 Å². The number of ether oxygens (including phenoxy) is 2. The molecule has 2 aromatic carbocycles. The largest absolute Gasteiger partial charge is 0.468 e. The fourth-order valence-electron chi connectivity index (χ4n) is 1.53. The number of hydrogen-bond donors (Lipinski definition) is 0. The highest BCUT2D eigenvalue weighted by atomic mass is 79.9. The van der Waals surface area contributed by atoms with Gasteiger partial charge in [0, 0.05) is 17.0 Å². The number of rotatable bonds is 3. The van der Waals surface area contributed by atoms with Gasteiger partial charge in [-0.25, -0.2) is 4.39 Å². The summed E-state index contributed by atoms with van der Waals surface area (Å²) in [5, 5.41) is 1.54. The van der Waals surface area contributed by atoms with Crippen LogP contribution in [-0.4, -0.2) is 13.9 Å². The van der Waals surface area contributed by atoms with Crippen LogP contribution in [0, 0.1) is 5.82 Å². The van der Waals surface area contributed by atoms with Crippen LogP contribution in [0.1, 0.15) is 0 Å². The van der Waals surface area contributed by atoms with E-state index >= 15 is 0 Å². The van der Waals surface area contributed by atoms with Gasteiger partial charge in [-0.15, -0.1) is 0 Å². The van der Waals surface area contributed by atoms with Crippen LogP contribution in [0.5, 0.6) is 5.75 Å². The molecule has 5 heteroatoms. The molecule has 0 fully saturated rings. The van der Waals surface area contributed by atoms with Gasteiger partial charge in [-0.05, 0) is 39.5 Å². The molecule has 0 aliphatic carbocycles. The Morgan fingerprint density at radius 3 is 2.82 bits per heavy atom. The van der Waals surface area contributed by atoms with Gasteiger partial charge in [0.15, 0.2) is 6.79 Å². The van der Waals surface area contributed by atoms with E-state index in [2.05, 4.69) is 15.9 Å². The number of methoxy groups -OCH3 is 1. The molecule has 0 N–H and O–H groups in total. The Kier molecular flexibility index (Phi) is 3.86. The van der Waals surface area contributed by atoms with E-state index in [1.807, 2.05) is 0 Å². The normalized spacial score (nSPS) is 10.8. The van der Waals surface area contributed by atoms with Crippen molar-refractivity contribution in [2.75, 3.05) is 13.9 Å². The first-order chi connectivity index (χ1) is 8.13. The molecule has 0 atom stereocenters. The zero-order valence-corrected chi connectivity index (χ0v) is 11.3. The topological polar surface area (TPSA) is 18.5 Å². The lowest BCUT2D eigenvalue weighted by Gasteiger charge is -2.09. The van der Waals surface area contributed by atoms with Crippen molar-refractivity contribution in [3.63, 3.8) is 0 Å². The zero-order chi connectivity index (χ0) is 12.4. The quantitative estimate of drug-likeness (QED) is 0.782. The minimum absolute atomic E-state index is 0.104. The van der Waals surface area contributed by atoms with E-state index in [-0.39, 0.29) is 11.8 Å². The van der Waals surface area contributed by atoms with Crippen molar-refractivity contribution in [3.05, 3.63) is 39.6 Å². The number of halogens is 3.